The zero-order valence-corrected chi connectivity index (χ0v) is 16.3. The number of amides is 3. The molecular weight excluding hydrogens is 386 g/mol. The van der Waals surface area contributed by atoms with Crippen molar-refractivity contribution in [3.8, 4) is 0 Å². The number of nitrogens with zero attached hydrogens (tertiary/aromatic N) is 1. The number of carbonyl (C=O) groups is 3. The minimum atomic E-state index is -3.78. The molecule has 26 heavy (non-hydrogen) atoms. The first-order valence-electron chi connectivity index (χ1n) is 7.52. The van der Waals surface area contributed by atoms with Gasteiger partial charge in [-0.15, -0.1) is 0 Å². The molecule has 0 heterocycles. The Labute approximate surface area is 156 Å². The van der Waals surface area contributed by atoms with Crippen molar-refractivity contribution in [1.82, 2.24) is 14.9 Å². The van der Waals surface area contributed by atoms with Crippen LogP contribution in [-0.2, 0) is 19.6 Å². The standard InChI is InChI=1S/C15H20ClN3O6S/c1-5-17-15(22)18-13(20)9(2)25-14(21)11-8-10(6-7-12(11)16)26(23,24)19(3)4/h6-9H,5H2,1-4H3,(H2,17,18,20,22). The highest BCUT2D eigenvalue weighted by molar-refractivity contribution is 7.89. The molecule has 0 aliphatic carbocycles. The number of halogens is 1. The minimum absolute atomic E-state index is 0.0379. The van der Waals surface area contributed by atoms with Crippen molar-refractivity contribution in [2.45, 2.75) is 24.8 Å². The number of ether oxygens (including phenoxy) is 1. The van der Waals surface area contributed by atoms with Gasteiger partial charge in [-0.05, 0) is 32.0 Å². The summed E-state index contributed by atoms with van der Waals surface area (Å²) in [6.45, 7) is 3.25. The third-order valence-corrected chi connectivity index (χ3v) is 5.30. The SMILES string of the molecule is CCNC(=O)NC(=O)C(C)OC(=O)c1cc(S(=O)(=O)N(C)C)ccc1Cl. The lowest BCUT2D eigenvalue weighted by Gasteiger charge is -2.15. The van der Waals surface area contributed by atoms with Crippen molar-refractivity contribution in [2.24, 2.45) is 0 Å². The normalized spacial score (nSPS) is 12.4. The molecule has 0 bridgehead atoms. The number of hydrogen-bond donors (Lipinski definition) is 2. The van der Waals surface area contributed by atoms with Gasteiger partial charge in [0.15, 0.2) is 6.10 Å². The number of hydrogen-bond acceptors (Lipinski definition) is 6. The molecule has 0 saturated heterocycles. The van der Waals surface area contributed by atoms with Crippen LogP contribution in [0.25, 0.3) is 0 Å². The van der Waals surface area contributed by atoms with Gasteiger partial charge >= 0.3 is 12.0 Å². The molecule has 3 amide bonds. The summed E-state index contributed by atoms with van der Waals surface area (Å²) in [5.74, 6) is -1.83. The lowest BCUT2D eigenvalue weighted by molar-refractivity contribution is -0.127. The van der Waals surface area contributed by atoms with Crippen LogP contribution in [0.1, 0.15) is 24.2 Å². The summed E-state index contributed by atoms with van der Waals surface area (Å²) >= 11 is 5.94. The van der Waals surface area contributed by atoms with E-state index in [0.717, 1.165) is 10.4 Å². The van der Waals surface area contributed by atoms with Crippen LogP contribution in [0.4, 0.5) is 4.79 Å². The summed E-state index contributed by atoms with van der Waals surface area (Å²) in [7, 11) is -1.10. The highest BCUT2D eigenvalue weighted by atomic mass is 35.5. The van der Waals surface area contributed by atoms with E-state index in [2.05, 4.69) is 5.32 Å². The van der Waals surface area contributed by atoms with Crippen molar-refractivity contribution in [2.75, 3.05) is 20.6 Å². The zero-order chi connectivity index (χ0) is 20.1. The van der Waals surface area contributed by atoms with Gasteiger partial charge in [0.25, 0.3) is 5.91 Å². The average Bonchev–Trinajstić information content (AvgIpc) is 2.54. The molecule has 2 N–H and O–H groups in total. The van der Waals surface area contributed by atoms with Crippen molar-refractivity contribution >= 4 is 39.5 Å². The zero-order valence-electron chi connectivity index (χ0n) is 14.7. The number of benzene rings is 1. The van der Waals surface area contributed by atoms with Crippen LogP contribution in [-0.4, -0.2) is 57.4 Å². The molecule has 1 aromatic rings. The first-order chi connectivity index (χ1) is 12.0. The summed E-state index contributed by atoms with van der Waals surface area (Å²) in [6.07, 6.45) is -1.30. The van der Waals surface area contributed by atoms with E-state index >= 15 is 0 Å². The van der Waals surface area contributed by atoms with E-state index < -0.39 is 34.0 Å². The topological polar surface area (TPSA) is 122 Å². The number of imide groups is 1. The molecule has 0 aliphatic heterocycles. The number of nitrogens with one attached hydrogen (secondary N) is 2. The third kappa shape index (κ3) is 5.41. The van der Waals surface area contributed by atoms with Gasteiger partial charge in [-0.3, -0.25) is 10.1 Å². The van der Waals surface area contributed by atoms with Gasteiger partial charge in [-0.1, -0.05) is 11.6 Å². The van der Waals surface area contributed by atoms with Crippen molar-refractivity contribution in [3.05, 3.63) is 28.8 Å². The second-order valence-corrected chi connectivity index (χ2v) is 7.88. The van der Waals surface area contributed by atoms with Gasteiger partial charge in [-0.2, -0.15) is 0 Å². The monoisotopic (exact) mass is 405 g/mol. The van der Waals surface area contributed by atoms with Crippen LogP contribution in [0.5, 0.6) is 0 Å². The summed E-state index contributed by atoms with van der Waals surface area (Å²) in [5.41, 5.74) is -0.216. The summed E-state index contributed by atoms with van der Waals surface area (Å²) in [5, 5.41) is 4.32. The van der Waals surface area contributed by atoms with E-state index in [1.165, 1.54) is 33.2 Å². The predicted molar refractivity (Wildman–Crippen MR) is 94.4 cm³/mol. The maximum atomic E-state index is 12.2. The second kappa shape index (κ2) is 8.97. The maximum Gasteiger partial charge on any atom is 0.340 e. The molecular formula is C15H20ClN3O6S. The lowest BCUT2D eigenvalue weighted by atomic mass is 10.2. The van der Waals surface area contributed by atoms with Crippen LogP contribution in [0.2, 0.25) is 5.02 Å². The second-order valence-electron chi connectivity index (χ2n) is 5.33. The van der Waals surface area contributed by atoms with Crippen molar-refractivity contribution < 1.29 is 27.5 Å². The molecule has 0 saturated carbocycles. The number of urea groups is 1. The summed E-state index contributed by atoms with van der Waals surface area (Å²) < 4.78 is 30.2. The fourth-order valence-electron chi connectivity index (χ4n) is 1.73. The molecule has 144 valence electrons. The summed E-state index contributed by atoms with van der Waals surface area (Å²) in [6, 6.07) is 2.83. The molecule has 11 heteroatoms. The highest BCUT2D eigenvalue weighted by Gasteiger charge is 2.25. The van der Waals surface area contributed by atoms with Crippen LogP contribution in [0.15, 0.2) is 23.1 Å². The number of rotatable bonds is 6. The Bertz CT molecular complexity index is 810. The fraction of sp³-hybridized carbons (Fsp3) is 0.400. The Balaban J connectivity index is 2.97. The molecule has 1 aromatic carbocycles. The van der Waals surface area contributed by atoms with E-state index in [-0.39, 0.29) is 15.5 Å². The highest BCUT2D eigenvalue weighted by Crippen LogP contribution is 2.23. The predicted octanol–water partition coefficient (Wildman–Crippen LogP) is 0.981. The largest absolute Gasteiger partial charge is 0.449 e. The first kappa shape index (κ1) is 21.9. The Morgan fingerprint density at radius 2 is 1.88 bits per heavy atom. The number of carbonyl (C=O) groups excluding carboxylic acids is 3. The first-order valence-corrected chi connectivity index (χ1v) is 9.34. The molecule has 9 nitrogen and oxygen atoms in total. The van der Waals surface area contributed by atoms with Crippen molar-refractivity contribution in [3.63, 3.8) is 0 Å². The van der Waals surface area contributed by atoms with Crippen molar-refractivity contribution in [1.29, 1.82) is 0 Å². The van der Waals surface area contributed by atoms with Crippen LogP contribution < -0.4 is 10.6 Å². The van der Waals surface area contributed by atoms with E-state index in [0.29, 0.717) is 6.54 Å². The van der Waals surface area contributed by atoms with E-state index in [1.807, 2.05) is 5.32 Å². The lowest BCUT2D eigenvalue weighted by Crippen LogP contribution is -2.44. The molecule has 0 fully saturated rings. The van der Waals surface area contributed by atoms with Crippen LogP contribution in [0.3, 0.4) is 0 Å². The molecule has 1 unspecified atom stereocenters. The van der Waals surface area contributed by atoms with Gasteiger partial charge in [0.05, 0.1) is 15.5 Å². The van der Waals surface area contributed by atoms with Gasteiger partial charge in [0.2, 0.25) is 10.0 Å². The van der Waals surface area contributed by atoms with E-state index in [9.17, 15) is 22.8 Å². The van der Waals surface area contributed by atoms with E-state index in [1.54, 1.807) is 6.92 Å². The minimum Gasteiger partial charge on any atom is -0.449 e. The van der Waals surface area contributed by atoms with Gasteiger partial charge < -0.3 is 10.1 Å². The van der Waals surface area contributed by atoms with E-state index in [4.69, 9.17) is 16.3 Å². The smallest absolute Gasteiger partial charge is 0.340 e. The Morgan fingerprint density at radius 1 is 1.27 bits per heavy atom. The molecule has 0 spiro atoms. The molecule has 0 aliphatic rings. The summed E-state index contributed by atoms with van der Waals surface area (Å²) in [4.78, 5) is 35.2. The van der Waals surface area contributed by atoms with Crippen LogP contribution in [0, 0.1) is 0 Å². The van der Waals surface area contributed by atoms with Crippen LogP contribution >= 0.6 is 11.6 Å². The Hall–Kier alpha value is -2.17. The average molecular weight is 406 g/mol. The third-order valence-electron chi connectivity index (χ3n) is 3.16. The fourth-order valence-corrected chi connectivity index (χ4v) is 2.85. The molecule has 1 atom stereocenters. The maximum absolute atomic E-state index is 12.2. The molecule has 0 aromatic heterocycles. The number of sulfonamides is 1. The Morgan fingerprint density at radius 3 is 2.42 bits per heavy atom. The Kier molecular flexibility index (Phi) is 7.54. The van der Waals surface area contributed by atoms with Gasteiger partial charge in [-0.25, -0.2) is 22.3 Å². The molecule has 0 radical (unpaired) electrons. The van der Waals surface area contributed by atoms with Gasteiger partial charge in [0, 0.05) is 20.6 Å². The molecule has 1 rings (SSSR count). The number of esters is 1. The quantitative estimate of drug-likeness (QED) is 0.680. The van der Waals surface area contributed by atoms with Gasteiger partial charge in [0.1, 0.15) is 0 Å².